The first-order valence-corrected chi connectivity index (χ1v) is 13.9. The Bertz CT molecular complexity index is 797. The van der Waals surface area contributed by atoms with Crippen molar-refractivity contribution < 1.29 is 9.22 Å². The molecule has 3 nitrogen and oxygen atoms in total. The molecule has 0 saturated carbocycles. The molecule has 0 aliphatic heterocycles. The maximum atomic E-state index is 13.2. The number of halogens is 1. The summed E-state index contributed by atoms with van der Waals surface area (Å²) in [5.41, 5.74) is 1.67. The second-order valence-electron chi connectivity index (χ2n) is 8.65. The van der Waals surface area contributed by atoms with Crippen molar-refractivity contribution in [1.82, 2.24) is 0 Å². The molecule has 1 amide bonds. The Morgan fingerprint density at radius 1 is 1.07 bits per heavy atom. The number of unbranched alkanes of at least 4 members (excludes halogenated alkanes) is 1. The Balaban J connectivity index is 2.27. The van der Waals surface area contributed by atoms with Crippen LogP contribution in [0, 0.1) is 3.57 Å². The number of nitrogens with zero attached hydrogens (tertiary/aromatic N) is 1. The van der Waals surface area contributed by atoms with Crippen molar-refractivity contribution >= 4 is 42.5 Å². The van der Waals surface area contributed by atoms with E-state index in [1.165, 1.54) is 0 Å². The highest BCUT2D eigenvalue weighted by molar-refractivity contribution is 14.1. The maximum Gasteiger partial charge on any atom is 0.259 e. The van der Waals surface area contributed by atoms with Crippen molar-refractivity contribution in [1.29, 1.82) is 0 Å². The van der Waals surface area contributed by atoms with E-state index < -0.39 is 8.32 Å². The molecule has 2 aromatic carbocycles. The first-order valence-electron chi connectivity index (χ1n) is 9.92. The highest BCUT2D eigenvalue weighted by Gasteiger charge is 2.38. The molecule has 2 rings (SSSR count). The molecule has 0 radical (unpaired) electrons. The zero-order chi connectivity index (χ0) is 20.9. The van der Waals surface area contributed by atoms with Gasteiger partial charge in [0.2, 0.25) is 8.32 Å². The van der Waals surface area contributed by atoms with Crippen LogP contribution >= 0.6 is 22.6 Å². The lowest BCUT2D eigenvalue weighted by Crippen LogP contribution is -2.43. The van der Waals surface area contributed by atoms with Crippen molar-refractivity contribution in [3.8, 4) is 5.75 Å². The Kier molecular flexibility index (Phi) is 7.73. The molecule has 0 aliphatic rings. The fraction of sp³-hybridized carbons (Fsp3) is 0.435. The van der Waals surface area contributed by atoms with Crippen molar-refractivity contribution in [3.63, 3.8) is 0 Å². The SMILES string of the molecule is CCCCN(C(=O)c1ccccc1I)c1ccc(O[Si](C)(C)C(C)(C)C)cc1. The summed E-state index contributed by atoms with van der Waals surface area (Å²) in [5, 5.41) is 0.152. The molecule has 0 atom stereocenters. The largest absolute Gasteiger partial charge is 0.544 e. The van der Waals surface area contributed by atoms with Crippen molar-refractivity contribution in [2.75, 3.05) is 11.4 Å². The normalized spacial score (nSPS) is 12.0. The topological polar surface area (TPSA) is 29.5 Å². The molecule has 152 valence electrons. The van der Waals surface area contributed by atoms with E-state index in [1.807, 2.05) is 53.4 Å². The molecule has 0 aliphatic carbocycles. The van der Waals surface area contributed by atoms with Crippen molar-refractivity contribution in [2.45, 2.75) is 58.7 Å². The van der Waals surface area contributed by atoms with E-state index in [2.05, 4.69) is 63.4 Å². The molecule has 5 heteroatoms. The van der Waals surface area contributed by atoms with Crippen molar-refractivity contribution in [3.05, 3.63) is 57.7 Å². The molecule has 28 heavy (non-hydrogen) atoms. The van der Waals surface area contributed by atoms with Crippen LogP contribution in [-0.2, 0) is 0 Å². The summed E-state index contributed by atoms with van der Waals surface area (Å²) in [6.07, 6.45) is 2.01. The standard InChI is InChI=1S/C23H32INO2Si/c1-7-8-17-25(22(26)20-11-9-10-12-21(20)24)18-13-15-19(16-14-18)27-28(5,6)23(2,3)4/h9-16H,7-8,17H2,1-6H3. The summed E-state index contributed by atoms with van der Waals surface area (Å²) < 4.78 is 7.36. The van der Waals surface area contributed by atoms with E-state index in [4.69, 9.17) is 4.43 Å². The summed E-state index contributed by atoms with van der Waals surface area (Å²) in [4.78, 5) is 15.1. The van der Waals surface area contributed by atoms with Gasteiger partial charge >= 0.3 is 0 Å². The minimum absolute atomic E-state index is 0.0523. The van der Waals surface area contributed by atoms with Gasteiger partial charge < -0.3 is 9.33 Å². The Morgan fingerprint density at radius 2 is 1.68 bits per heavy atom. The van der Waals surface area contributed by atoms with Crippen LogP contribution in [0.25, 0.3) is 0 Å². The van der Waals surface area contributed by atoms with Gasteiger partial charge in [0.25, 0.3) is 5.91 Å². The average molecular weight is 510 g/mol. The number of benzene rings is 2. The lowest BCUT2D eigenvalue weighted by Gasteiger charge is -2.36. The third-order valence-corrected chi connectivity index (χ3v) is 10.7. The molecule has 0 spiro atoms. The number of hydrogen-bond donors (Lipinski definition) is 0. The molecule has 0 heterocycles. The molecule has 0 aromatic heterocycles. The van der Waals surface area contributed by atoms with Crippen LogP contribution in [0.3, 0.4) is 0 Å². The van der Waals surface area contributed by atoms with Gasteiger partial charge in [-0.15, -0.1) is 0 Å². The van der Waals surface area contributed by atoms with E-state index in [0.717, 1.165) is 33.4 Å². The Labute approximate surface area is 184 Å². The smallest absolute Gasteiger partial charge is 0.259 e. The number of carbonyl (C=O) groups is 1. The second kappa shape index (κ2) is 9.44. The first-order chi connectivity index (χ1) is 13.1. The zero-order valence-corrected chi connectivity index (χ0v) is 21.0. The van der Waals surface area contributed by atoms with Gasteiger partial charge in [0.1, 0.15) is 5.75 Å². The summed E-state index contributed by atoms with van der Waals surface area (Å²) in [7, 11) is -1.87. The molecular formula is C23H32INO2Si. The lowest BCUT2D eigenvalue weighted by molar-refractivity contribution is 0.0985. The zero-order valence-electron chi connectivity index (χ0n) is 17.9. The number of hydrogen-bond acceptors (Lipinski definition) is 2. The predicted molar refractivity (Wildman–Crippen MR) is 130 cm³/mol. The van der Waals surface area contributed by atoms with Gasteiger partial charge in [-0.25, -0.2) is 0 Å². The number of amides is 1. The quantitative estimate of drug-likeness (QED) is 0.294. The second-order valence-corrected chi connectivity index (χ2v) is 14.5. The summed E-state index contributed by atoms with van der Waals surface area (Å²) in [5.74, 6) is 0.934. The minimum atomic E-state index is -1.87. The number of carbonyl (C=O) groups excluding carboxylic acids is 1. The molecule has 0 saturated heterocycles. The average Bonchev–Trinajstić information content (AvgIpc) is 2.62. The summed E-state index contributed by atoms with van der Waals surface area (Å²) >= 11 is 2.23. The van der Waals surface area contributed by atoms with E-state index in [9.17, 15) is 4.79 Å². The van der Waals surface area contributed by atoms with Crippen LogP contribution in [0.4, 0.5) is 5.69 Å². The lowest BCUT2D eigenvalue weighted by atomic mass is 10.1. The summed E-state index contributed by atoms with van der Waals surface area (Å²) in [6, 6.07) is 15.8. The molecule has 0 bridgehead atoms. The Morgan fingerprint density at radius 3 is 2.21 bits per heavy atom. The van der Waals surface area contributed by atoms with Gasteiger partial charge in [-0.05, 0) is 83.5 Å². The fourth-order valence-corrected chi connectivity index (χ4v) is 4.24. The predicted octanol–water partition coefficient (Wildman–Crippen LogP) is 7.12. The highest BCUT2D eigenvalue weighted by atomic mass is 127. The third-order valence-electron chi connectivity index (χ3n) is 5.41. The van der Waals surface area contributed by atoms with Crippen LogP contribution in [0.2, 0.25) is 18.1 Å². The van der Waals surface area contributed by atoms with Gasteiger partial charge in [0.05, 0.1) is 5.56 Å². The van der Waals surface area contributed by atoms with Crippen LogP contribution in [0.1, 0.15) is 50.9 Å². The molecule has 2 aromatic rings. The van der Waals surface area contributed by atoms with Gasteiger partial charge in [-0.2, -0.15) is 0 Å². The molecule has 0 N–H and O–H groups in total. The van der Waals surface area contributed by atoms with E-state index in [0.29, 0.717) is 6.54 Å². The van der Waals surface area contributed by atoms with Crippen molar-refractivity contribution in [2.24, 2.45) is 0 Å². The minimum Gasteiger partial charge on any atom is -0.544 e. The monoisotopic (exact) mass is 509 g/mol. The van der Waals surface area contributed by atoms with Crippen LogP contribution in [-0.4, -0.2) is 20.8 Å². The van der Waals surface area contributed by atoms with E-state index in [-0.39, 0.29) is 10.9 Å². The van der Waals surface area contributed by atoms with Gasteiger partial charge in [-0.3, -0.25) is 4.79 Å². The van der Waals surface area contributed by atoms with Crippen LogP contribution < -0.4 is 9.33 Å². The third kappa shape index (κ3) is 5.60. The van der Waals surface area contributed by atoms with Gasteiger partial charge in [-0.1, -0.05) is 46.2 Å². The first kappa shape index (κ1) is 22.9. The van der Waals surface area contributed by atoms with E-state index >= 15 is 0 Å². The number of rotatable bonds is 7. The highest BCUT2D eigenvalue weighted by Crippen LogP contribution is 2.37. The summed E-state index contributed by atoms with van der Waals surface area (Å²) in [6.45, 7) is 14.1. The van der Waals surface area contributed by atoms with E-state index in [1.54, 1.807) is 0 Å². The van der Waals surface area contributed by atoms with Crippen LogP contribution in [0.15, 0.2) is 48.5 Å². The molecule has 0 fully saturated rings. The maximum absolute atomic E-state index is 13.2. The fourth-order valence-electron chi connectivity index (χ4n) is 2.59. The Hall–Kier alpha value is -1.34. The van der Waals surface area contributed by atoms with Gasteiger partial charge in [0, 0.05) is 15.8 Å². The molecular weight excluding hydrogens is 477 g/mol. The molecule has 0 unspecified atom stereocenters. The van der Waals surface area contributed by atoms with Gasteiger partial charge in [0.15, 0.2) is 0 Å². The van der Waals surface area contributed by atoms with Crippen LogP contribution in [0.5, 0.6) is 5.75 Å². The number of anilines is 1.